The van der Waals surface area contributed by atoms with Gasteiger partial charge in [0.15, 0.2) is 11.6 Å². The van der Waals surface area contributed by atoms with Gasteiger partial charge in [0, 0.05) is 31.7 Å². The van der Waals surface area contributed by atoms with Gasteiger partial charge in [-0.15, -0.1) is 0 Å². The van der Waals surface area contributed by atoms with Gasteiger partial charge < -0.3 is 25.3 Å². The highest BCUT2D eigenvalue weighted by molar-refractivity contribution is 5.93. The lowest BCUT2D eigenvalue weighted by molar-refractivity contribution is -0.136. The van der Waals surface area contributed by atoms with Crippen LogP contribution in [0.15, 0.2) is 30.5 Å². The smallest absolute Gasteiger partial charge is 0.270 e. The van der Waals surface area contributed by atoms with Crippen LogP contribution in [0.2, 0.25) is 0 Å². The van der Waals surface area contributed by atoms with Crippen LogP contribution in [-0.2, 0) is 5.60 Å². The Morgan fingerprint density at radius 2 is 1.87 bits per heavy atom. The molecular weight excluding hydrogens is 485 g/mol. The summed E-state index contributed by atoms with van der Waals surface area (Å²) in [5, 5.41) is 24.2. The van der Waals surface area contributed by atoms with Crippen LogP contribution in [0.1, 0.15) is 69.1 Å². The van der Waals surface area contributed by atoms with Crippen molar-refractivity contribution < 1.29 is 19.4 Å². The zero-order chi connectivity index (χ0) is 26.8. The normalized spacial score (nSPS) is 32.5. The van der Waals surface area contributed by atoms with Gasteiger partial charge in [0.2, 0.25) is 0 Å². The first-order valence-corrected chi connectivity index (χ1v) is 13.9. The average Bonchev–Trinajstić information content (AvgIpc) is 2.85. The van der Waals surface area contributed by atoms with Gasteiger partial charge in [-0.05, 0) is 94.9 Å². The van der Waals surface area contributed by atoms with E-state index in [1.54, 1.807) is 20.0 Å². The zero-order valence-electron chi connectivity index (χ0n) is 22.4. The van der Waals surface area contributed by atoms with E-state index in [2.05, 4.69) is 20.2 Å². The number of aromatic nitrogens is 2. The molecule has 2 aromatic heterocycles. The molecule has 3 N–H and O–H groups in total. The maximum absolute atomic E-state index is 15.0. The first-order valence-electron chi connectivity index (χ1n) is 13.9. The second-order valence-electron chi connectivity index (χ2n) is 12.6. The first-order chi connectivity index (χ1) is 18.0. The Balaban J connectivity index is 1.14. The van der Waals surface area contributed by atoms with Crippen molar-refractivity contribution in [2.45, 2.75) is 76.2 Å². The number of pyridine rings is 2. The molecule has 3 heterocycles. The largest absolute Gasteiger partial charge is 0.390 e. The summed E-state index contributed by atoms with van der Waals surface area (Å²) < 4.78 is 15.0. The molecule has 38 heavy (non-hydrogen) atoms. The molecule has 0 aromatic carbocycles. The van der Waals surface area contributed by atoms with Crippen LogP contribution in [0.5, 0.6) is 0 Å². The van der Waals surface area contributed by atoms with E-state index in [4.69, 9.17) is 0 Å². The average molecular weight is 524 g/mol. The maximum atomic E-state index is 15.0. The van der Waals surface area contributed by atoms with Crippen LogP contribution in [0.3, 0.4) is 0 Å². The molecule has 1 aliphatic heterocycles. The van der Waals surface area contributed by atoms with Gasteiger partial charge in [0.25, 0.3) is 5.91 Å². The minimum absolute atomic E-state index is 0.0387. The lowest BCUT2D eigenvalue weighted by Gasteiger charge is -2.58. The quantitative estimate of drug-likeness (QED) is 0.553. The third kappa shape index (κ3) is 4.64. The standard InChI is InChI=1S/C29H38FN5O3/c1-17-16-34(21-4-7-24(31-15-21)28(2,3)37)8-9-35(17)26-22(30)5-6-23(32-26)27(36)33-25-19-10-18-11-20(25)14-29(38,12-18)13-19/h4-7,15,17-20,25,37-38H,8-14,16H2,1-3H3,(H,33,36)/t17-,18?,19?,20?,25?,29?/m1/s1. The number of nitrogens with zero attached hydrogens (tertiary/aromatic N) is 4. The Morgan fingerprint density at radius 3 is 2.47 bits per heavy atom. The van der Waals surface area contributed by atoms with E-state index in [9.17, 15) is 19.4 Å². The van der Waals surface area contributed by atoms with E-state index in [1.807, 2.05) is 24.0 Å². The molecule has 4 saturated carbocycles. The minimum atomic E-state index is -0.998. The van der Waals surface area contributed by atoms with Crippen molar-refractivity contribution in [1.82, 2.24) is 15.3 Å². The van der Waals surface area contributed by atoms with Crippen molar-refractivity contribution in [3.05, 3.63) is 47.7 Å². The number of hydrogen-bond acceptors (Lipinski definition) is 7. The van der Waals surface area contributed by atoms with Crippen molar-refractivity contribution >= 4 is 17.4 Å². The second-order valence-corrected chi connectivity index (χ2v) is 12.6. The molecule has 8 nitrogen and oxygen atoms in total. The molecule has 1 saturated heterocycles. The van der Waals surface area contributed by atoms with E-state index in [1.165, 1.54) is 12.1 Å². The van der Waals surface area contributed by atoms with Gasteiger partial charge in [-0.25, -0.2) is 9.37 Å². The molecule has 3 atom stereocenters. The first kappa shape index (κ1) is 25.5. The van der Waals surface area contributed by atoms with E-state index in [0.717, 1.165) is 37.8 Å². The molecular formula is C29H38FN5O3. The van der Waals surface area contributed by atoms with Crippen molar-refractivity contribution in [1.29, 1.82) is 0 Å². The molecule has 1 amide bonds. The third-order valence-corrected chi connectivity index (χ3v) is 9.24. The molecule has 0 spiro atoms. The number of piperazine rings is 1. The van der Waals surface area contributed by atoms with Gasteiger partial charge >= 0.3 is 0 Å². The highest BCUT2D eigenvalue weighted by atomic mass is 19.1. The predicted molar refractivity (Wildman–Crippen MR) is 142 cm³/mol. The monoisotopic (exact) mass is 523 g/mol. The maximum Gasteiger partial charge on any atom is 0.270 e. The van der Waals surface area contributed by atoms with Gasteiger partial charge in [-0.2, -0.15) is 0 Å². The zero-order valence-corrected chi connectivity index (χ0v) is 22.4. The number of rotatable bonds is 5. The minimum Gasteiger partial charge on any atom is -0.390 e. The molecule has 2 unspecified atom stereocenters. The van der Waals surface area contributed by atoms with Crippen LogP contribution in [0, 0.1) is 23.6 Å². The topological polar surface area (TPSA) is 102 Å². The third-order valence-electron chi connectivity index (χ3n) is 9.24. The summed E-state index contributed by atoms with van der Waals surface area (Å²) in [7, 11) is 0. The van der Waals surface area contributed by atoms with Crippen LogP contribution < -0.4 is 15.1 Å². The number of aliphatic hydroxyl groups is 2. The molecule has 4 bridgehead atoms. The van der Waals surface area contributed by atoms with E-state index in [0.29, 0.717) is 43.1 Å². The van der Waals surface area contributed by atoms with Crippen molar-refractivity contribution in [3.8, 4) is 0 Å². The fourth-order valence-corrected chi connectivity index (χ4v) is 7.64. The molecule has 7 rings (SSSR count). The molecule has 5 aliphatic rings. The van der Waals surface area contributed by atoms with Crippen LogP contribution >= 0.6 is 0 Å². The summed E-state index contributed by atoms with van der Waals surface area (Å²) in [5.41, 5.74) is 0.243. The number of nitrogens with one attached hydrogen (secondary N) is 1. The van der Waals surface area contributed by atoms with Crippen LogP contribution in [-0.4, -0.2) is 63.4 Å². The lowest BCUT2D eigenvalue weighted by atomic mass is 9.52. The number of carbonyl (C=O) groups excluding carboxylic acids is 1. The van der Waals surface area contributed by atoms with E-state index >= 15 is 0 Å². The van der Waals surface area contributed by atoms with Crippen LogP contribution in [0.25, 0.3) is 0 Å². The Labute approximate surface area is 223 Å². The summed E-state index contributed by atoms with van der Waals surface area (Å²) >= 11 is 0. The summed E-state index contributed by atoms with van der Waals surface area (Å²) in [4.78, 5) is 26.3. The second kappa shape index (κ2) is 9.16. The van der Waals surface area contributed by atoms with Crippen molar-refractivity contribution in [2.24, 2.45) is 17.8 Å². The Morgan fingerprint density at radius 1 is 1.13 bits per heavy atom. The van der Waals surface area contributed by atoms with Crippen molar-refractivity contribution in [2.75, 3.05) is 29.4 Å². The Kier molecular flexibility index (Phi) is 6.14. The predicted octanol–water partition coefficient (Wildman–Crippen LogP) is 3.23. The van der Waals surface area contributed by atoms with Gasteiger partial charge in [0.05, 0.1) is 23.2 Å². The Hall–Kier alpha value is -2.78. The molecule has 5 fully saturated rings. The lowest BCUT2D eigenvalue weighted by Crippen LogP contribution is -2.61. The van der Waals surface area contributed by atoms with Crippen LogP contribution in [0.4, 0.5) is 15.9 Å². The summed E-state index contributed by atoms with van der Waals surface area (Å²) in [6, 6.07) is 6.61. The fraction of sp³-hybridized carbons (Fsp3) is 0.621. The highest BCUT2D eigenvalue weighted by Crippen LogP contribution is 2.55. The summed E-state index contributed by atoms with van der Waals surface area (Å²) in [6.07, 6.45) is 6.29. The SMILES string of the molecule is C[C@@H]1CN(c2ccc(C(C)(C)O)nc2)CCN1c1nc(C(=O)NC2C3CC4CC2CC(O)(C4)C3)ccc1F. The number of anilines is 2. The number of halogens is 1. The number of carbonyl (C=O) groups is 1. The van der Waals surface area contributed by atoms with Crippen molar-refractivity contribution in [3.63, 3.8) is 0 Å². The number of amides is 1. The van der Waals surface area contributed by atoms with Gasteiger partial charge in [0.1, 0.15) is 11.3 Å². The highest BCUT2D eigenvalue weighted by Gasteiger charge is 2.55. The molecule has 2 aromatic rings. The molecule has 204 valence electrons. The molecule has 4 aliphatic carbocycles. The molecule has 0 radical (unpaired) electrons. The van der Waals surface area contributed by atoms with E-state index < -0.39 is 17.0 Å². The molecule has 9 heteroatoms. The fourth-order valence-electron chi connectivity index (χ4n) is 7.64. The summed E-state index contributed by atoms with van der Waals surface area (Å²) in [5.74, 6) is 0.677. The Bertz CT molecular complexity index is 1200. The van der Waals surface area contributed by atoms with Gasteiger partial charge in [-0.1, -0.05) is 0 Å². The summed E-state index contributed by atoms with van der Waals surface area (Å²) in [6.45, 7) is 7.30. The van der Waals surface area contributed by atoms with Gasteiger partial charge in [-0.3, -0.25) is 9.78 Å². The van der Waals surface area contributed by atoms with E-state index in [-0.39, 0.29) is 29.5 Å². The number of hydrogen-bond donors (Lipinski definition) is 3.